The van der Waals surface area contributed by atoms with Crippen molar-refractivity contribution in [1.82, 2.24) is 15.3 Å². The summed E-state index contributed by atoms with van der Waals surface area (Å²) in [5.41, 5.74) is 3.09. The minimum absolute atomic E-state index is 0.147. The van der Waals surface area contributed by atoms with Crippen LogP contribution in [-0.4, -0.2) is 29.5 Å². The van der Waals surface area contributed by atoms with E-state index in [1.807, 2.05) is 37.3 Å². The maximum atomic E-state index is 12.0. The van der Waals surface area contributed by atoms with Gasteiger partial charge in [0.15, 0.2) is 0 Å². The van der Waals surface area contributed by atoms with Gasteiger partial charge in [-0.1, -0.05) is 0 Å². The minimum atomic E-state index is -0.147. The summed E-state index contributed by atoms with van der Waals surface area (Å²) >= 11 is 0. The smallest absolute Gasteiger partial charge is 0.252 e. The van der Waals surface area contributed by atoms with Crippen LogP contribution in [0.1, 0.15) is 21.7 Å². The van der Waals surface area contributed by atoms with E-state index in [9.17, 15) is 4.79 Å². The summed E-state index contributed by atoms with van der Waals surface area (Å²) in [6.45, 7) is 2.36. The predicted molar refractivity (Wildman–Crippen MR) is 93.5 cm³/mol. The van der Waals surface area contributed by atoms with Crippen LogP contribution in [0.5, 0.6) is 5.75 Å². The van der Waals surface area contributed by atoms with E-state index in [1.165, 1.54) is 0 Å². The Morgan fingerprint density at radius 3 is 2.68 bits per heavy atom. The van der Waals surface area contributed by atoms with Crippen LogP contribution in [0.3, 0.4) is 0 Å². The van der Waals surface area contributed by atoms with Gasteiger partial charge >= 0.3 is 0 Å². The number of carbonyl (C=O) groups is 1. The van der Waals surface area contributed by atoms with Crippen LogP contribution in [0.4, 0.5) is 0 Å². The number of hydrogen-bond donors (Lipinski definition) is 1. The Labute approximate surface area is 145 Å². The lowest BCUT2D eigenvalue weighted by molar-refractivity contribution is 0.0953. The molecule has 0 bridgehead atoms. The number of nitrogens with one attached hydrogen (secondary N) is 1. The second kappa shape index (κ2) is 7.61. The van der Waals surface area contributed by atoms with E-state index in [4.69, 9.17) is 9.15 Å². The average Bonchev–Trinajstić information content (AvgIpc) is 3.11. The first-order chi connectivity index (χ1) is 12.2. The third-order valence-electron chi connectivity index (χ3n) is 3.73. The van der Waals surface area contributed by atoms with Crippen LogP contribution in [0.15, 0.2) is 53.3 Å². The van der Waals surface area contributed by atoms with Crippen molar-refractivity contribution in [3.8, 4) is 17.2 Å². The lowest BCUT2D eigenvalue weighted by atomic mass is 10.2. The van der Waals surface area contributed by atoms with E-state index >= 15 is 0 Å². The first kappa shape index (κ1) is 16.7. The van der Waals surface area contributed by atoms with Gasteiger partial charge in [0.1, 0.15) is 12.0 Å². The number of benzene rings is 1. The predicted octanol–water partition coefficient (Wildman–Crippen LogP) is 3.03. The second-order valence-electron chi connectivity index (χ2n) is 5.57. The van der Waals surface area contributed by atoms with Crippen molar-refractivity contribution >= 4 is 5.91 Å². The van der Waals surface area contributed by atoms with Crippen molar-refractivity contribution in [3.05, 3.63) is 65.8 Å². The Kier molecular flexibility index (Phi) is 5.09. The molecule has 0 aliphatic rings. The minimum Gasteiger partial charge on any atom is -0.497 e. The molecule has 2 aromatic heterocycles. The molecule has 1 amide bonds. The fourth-order valence-corrected chi connectivity index (χ4v) is 2.30. The normalized spacial score (nSPS) is 10.5. The number of oxazole rings is 1. The zero-order chi connectivity index (χ0) is 17.6. The Morgan fingerprint density at radius 2 is 2.00 bits per heavy atom. The van der Waals surface area contributed by atoms with Gasteiger partial charge in [-0.25, -0.2) is 4.98 Å². The van der Waals surface area contributed by atoms with Crippen LogP contribution < -0.4 is 10.1 Å². The van der Waals surface area contributed by atoms with Crippen molar-refractivity contribution in [2.45, 2.75) is 13.3 Å². The number of aromatic nitrogens is 2. The number of aryl methyl sites for hydroxylation is 1. The van der Waals surface area contributed by atoms with Gasteiger partial charge in [0.05, 0.1) is 18.4 Å². The number of hydrogen-bond acceptors (Lipinski definition) is 5. The maximum Gasteiger partial charge on any atom is 0.252 e. The zero-order valence-corrected chi connectivity index (χ0v) is 14.2. The molecule has 0 spiro atoms. The summed E-state index contributed by atoms with van der Waals surface area (Å²) < 4.78 is 10.6. The first-order valence-electron chi connectivity index (χ1n) is 7.95. The van der Waals surface area contributed by atoms with Crippen LogP contribution in [0, 0.1) is 6.92 Å². The molecule has 0 saturated carbocycles. The summed E-state index contributed by atoms with van der Waals surface area (Å²) in [6.07, 6.45) is 3.77. The van der Waals surface area contributed by atoms with Gasteiger partial charge in [-0.15, -0.1) is 0 Å². The monoisotopic (exact) mass is 337 g/mol. The van der Waals surface area contributed by atoms with Crippen LogP contribution in [0.25, 0.3) is 11.5 Å². The maximum absolute atomic E-state index is 12.0. The molecule has 6 nitrogen and oxygen atoms in total. The number of pyridine rings is 1. The fourth-order valence-electron chi connectivity index (χ4n) is 2.30. The Bertz CT molecular complexity index is 839. The zero-order valence-electron chi connectivity index (χ0n) is 14.2. The average molecular weight is 337 g/mol. The van der Waals surface area contributed by atoms with Crippen molar-refractivity contribution in [1.29, 1.82) is 0 Å². The summed E-state index contributed by atoms with van der Waals surface area (Å²) in [5, 5.41) is 2.85. The van der Waals surface area contributed by atoms with E-state index in [1.54, 1.807) is 25.6 Å². The molecule has 1 N–H and O–H groups in total. The number of carbonyl (C=O) groups excluding carboxylic acids is 1. The highest BCUT2D eigenvalue weighted by molar-refractivity contribution is 5.93. The van der Waals surface area contributed by atoms with Gasteiger partial charge in [-0.3, -0.25) is 9.78 Å². The van der Waals surface area contributed by atoms with E-state index in [2.05, 4.69) is 15.3 Å². The van der Waals surface area contributed by atoms with E-state index < -0.39 is 0 Å². The van der Waals surface area contributed by atoms with Crippen molar-refractivity contribution < 1.29 is 13.9 Å². The van der Waals surface area contributed by atoms with Gasteiger partial charge in [0.2, 0.25) is 5.89 Å². The number of nitrogens with zero attached hydrogens (tertiary/aromatic N) is 2. The number of rotatable bonds is 6. The SMILES string of the molecule is COc1ccc(-c2nc(CCNC(=O)c3ccc(C)nc3)co2)cc1. The molecule has 128 valence electrons. The van der Waals surface area contributed by atoms with Crippen molar-refractivity contribution in [2.75, 3.05) is 13.7 Å². The topological polar surface area (TPSA) is 77.2 Å². The highest BCUT2D eigenvalue weighted by Crippen LogP contribution is 2.21. The molecule has 0 aliphatic carbocycles. The first-order valence-corrected chi connectivity index (χ1v) is 7.95. The van der Waals surface area contributed by atoms with Crippen molar-refractivity contribution in [3.63, 3.8) is 0 Å². The summed E-state index contributed by atoms with van der Waals surface area (Å²) in [4.78, 5) is 20.6. The molecular weight excluding hydrogens is 318 g/mol. The van der Waals surface area contributed by atoms with Gasteiger partial charge in [0, 0.05) is 30.4 Å². The molecule has 0 saturated heterocycles. The molecular formula is C19H19N3O3. The molecule has 25 heavy (non-hydrogen) atoms. The van der Waals surface area contributed by atoms with E-state index in [0.29, 0.717) is 24.4 Å². The third-order valence-corrected chi connectivity index (χ3v) is 3.73. The largest absolute Gasteiger partial charge is 0.497 e. The molecule has 0 unspecified atom stereocenters. The number of amides is 1. The van der Waals surface area contributed by atoms with E-state index in [-0.39, 0.29) is 5.91 Å². The highest BCUT2D eigenvalue weighted by atomic mass is 16.5. The molecule has 3 aromatic rings. The molecule has 0 aliphatic heterocycles. The number of ether oxygens (including phenoxy) is 1. The number of methoxy groups -OCH3 is 1. The second-order valence-corrected chi connectivity index (χ2v) is 5.57. The van der Waals surface area contributed by atoms with Gasteiger partial charge < -0.3 is 14.5 Å². The lowest BCUT2D eigenvalue weighted by Crippen LogP contribution is -2.25. The summed E-state index contributed by atoms with van der Waals surface area (Å²) in [7, 11) is 1.62. The van der Waals surface area contributed by atoms with Crippen LogP contribution in [0.2, 0.25) is 0 Å². The quantitative estimate of drug-likeness (QED) is 0.748. The highest BCUT2D eigenvalue weighted by Gasteiger charge is 2.09. The van der Waals surface area contributed by atoms with E-state index in [0.717, 1.165) is 22.7 Å². The molecule has 1 aromatic carbocycles. The lowest BCUT2D eigenvalue weighted by Gasteiger charge is -2.03. The summed E-state index contributed by atoms with van der Waals surface area (Å²) in [5.74, 6) is 1.18. The third kappa shape index (κ3) is 4.23. The van der Waals surface area contributed by atoms with Gasteiger partial charge in [-0.05, 0) is 43.3 Å². The molecule has 0 atom stereocenters. The molecule has 6 heteroatoms. The molecule has 3 rings (SSSR count). The summed E-state index contributed by atoms with van der Waals surface area (Å²) in [6, 6.07) is 11.1. The van der Waals surface area contributed by atoms with Gasteiger partial charge in [-0.2, -0.15) is 0 Å². The standard InChI is InChI=1S/C19H19N3O3/c1-13-3-4-15(11-21-13)18(23)20-10-9-16-12-25-19(22-16)14-5-7-17(24-2)8-6-14/h3-8,11-12H,9-10H2,1-2H3,(H,20,23). The molecule has 0 radical (unpaired) electrons. The molecule has 0 fully saturated rings. The Balaban J connectivity index is 1.54. The van der Waals surface area contributed by atoms with Crippen LogP contribution in [-0.2, 0) is 6.42 Å². The Morgan fingerprint density at radius 1 is 1.20 bits per heavy atom. The fraction of sp³-hybridized carbons (Fsp3) is 0.211. The van der Waals surface area contributed by atoms with Crippen LogP contribution >= 0.6 is 0 Å². The van der Waals surface area contributed by atoms with Gasteiger partial charge in [0.25, 0.3) is 5.91 Å². The van der Waals surface area contributed by atoms with Crippen molar-refractivity contribution in [2.24, 2.45) is 0 Å². The Hall–Kier alpha value is -3.15. The molecule has 2 heterocycles.